The number of nitrogens with zero attached hydrogens (tertiary/aromatic N) is 4. The van der Waals surface area contributed by atoms with E-state index in [0.29, 0.717) is 28.1 Å². The van der Waals surface area contributed by atoms with E-state index in [-0.39, 0.29) is 11.5 Å². The maximum atomic E-state index is 13.6. The van der Waals surface area contributed by atoms with E-state index in [9.17, 15) is 14.4 Å². The smallest absolute Gasteiger partial charge is 0.421 e. The van der Waals surface area contributed by atoms with Crippen LogP contribution in [0.15, 0.2) is 36.4 Å². The molecule has 1 amide bonds. The number of benzene rings is 1. The molecule has 0 atom stereocenters. The Hall–Kier alpha value is -4.94. The zero-order valence-corrected chi connectivity index (χ0v) is 27.6. The number of nitrogens with one attached hydrogen (secondary N) is 1. The molecule has 0 bridgehead atoms. The van der Waals surface area contributed by atoms with Gasteiger partial charge in [-0.2, -0.15) is 0 Å². The molecule has 2 N–H and O–H groups in total. The maximum absolute atomic E-state index is 13.6. The average Bonchev–Trinajstić information content (AvgIpc) is 3.37. The highest BCUT2D eigenvalue weighted by atomic mass is 16.6. The van der Waals surface area contributed by atoms with Crippen LogP contribution >= 0.6 is 0 Å². The zero-order valence-electron chi connectivity index (χ0n) is 27.6. The molecule has 0 aliphatic rings. The number of carboxylic acid groups (broad SMARTS) is 1. The molecule has 0 saturated carbocycles. The molecule has 0 saturated heterocycles. The van der Waals surface area contributed by atoms with Crippen LogP contribution in [-0.2, 0) is 19.0 Å². The number of anilines is 1. The second-order valence-corrected chi connectivity index (χ2v) is 13.3. The molecule has 0 spiro atoms. The normalized spacial score (nSPS) is 11.9. The highest BCUT2D eigenvalue weighted by Crippen LogP contribution is 2.35. The molecule has 45 heavy (non-hydrogen) atoms. The van der Waals surface area contributed by atoms with Crippen molar-refractivity contribution in [2.45, 2.75) is 93.0 Å². The molecule has 13 heteroatoms. The molecular formula is C32H41N5O8. The van der Waals surface area contributed by atoms with E-state index in [1.54, 1.807) is 75.3 Å². The van der Waals surface area contributed by atoms with Gasteiger partial charge >= 0.3 is 18.3 Å². The quantitative estimate of drug-likeness (QED) is 0.215. The molecule has 0 fully saturated rings. The van der Waals surface area contributed by atoms with Crippen LogP contribution in [0.5, 0.6) is 0 Å². The van der Waals surface area contributed by atoms with Crippen molar-refractivity contribution in [1.82, 2.24) is 19.1 Å². The van der Waals surface area contributed by atoms with Gasteiger partial charge in [-0.05, 0) is 87.4 Å². The van der Waals surface area contributed by atoms with Crippen molar-refractivity contribution in [3.63, 3.8) is 0 Å². The summed E-state index contributed by atoms with van der Waals surface area (Å²) in [5, 5.41) is 10.9. The fraction of sp³-hybridized carbons (Fsp3) is 0.438. The molecule has 0 radical (unpaired) electrons. The molecule has 0 unspecified atom stereocenters. The highest BCUT2D eigenvalue weighted by Gasteiger charge is 2.29. The summed E-state index contributed by atoms with van der Waals surface area (Å²) in [7, 11) is 0. The molecule has 0 aliphatic carbocycles. The fourth-order valence-electron chi connectivity index (χ4n) is 4.21. The van der Waals surface area contributed by atoms with Crippen LogP contribution in [0.2, 0.25) is 0 Å². The van der Waals surface area contributed by atoms with Gasteiger partial charge in [-0.3, -0.25) is 10.1 Å². The number of carbonyl (C=O) groups is 4. The highest BCUT2D eigenvalue weighted by molar-refractivity contribution is 6.03. The topological polar surface area (TPSA) is 164 Å². The Bertz CT molecular complexity index is 1760. The van der Waals surface area contributed by atoms with Crippen molar-refractivity contribution in [2.24, 2.45) is 0 Å². The first-order chi connectivity index (χ1) is 20.6. The fourth-order valence-corrected chi connectivity index (χ4v) is 4.21. The number of rotatable bonds is 2. The van der Waals surface area contributed by atoms with E-state index in [4.69, 9.17) is 24.1 Å². The van der Waals surface area contributed by atoms with Gasteiger partial charge in [0.1, 0.15) is 34.0 Å². The van der Waals surface area contributed by atoms with Crippen molar-refractivity contribution < 1.29 is 38.5 Å². The molecule has 4 rings (SSSR count). The van der Waals surface area contributed by atoms with Crippen LogP contribution in [0.4, 0.5) is 20.2 Å². The van der Waals surface area contributed by atoms with Gasteiger partial charge in [0.15, 0.2) is 5.65 Å². The number of pyridine rings is 1. The number of para-hydroxylation sites is 1. The largest absolute Gasteiger partial charge is 0.481 e. The lowest BCUT2D eigenvalue weighted by atomic mass is 10.1. The van der Waals surface area contributed by atoms with Crippen LogP contribution in [-0.4, -0.2) is 65.3 Å². The van der Waals surface area contributed by atoms with Crippen molar-refractivity contribution in [3.8, 4) is 11.3 Å². The van der Waals surface area contributed by atoms with Crippen LogP contribution in [0.25, 0.3) is 33.3 Å². The van der Waals surface area contributed by atoms with Gasteiger partial charge in [0, 0.05) is 17.9 Å². The summed E-state index contributed by atoms with van der Waals surface area (Å²) in [6, 6.07) is 10.8. The number of imidazole rings is 1. The summed E-state index contributed by atoms with van der Waals surface area (Å²) in [5.74, 6) is -0.426. The van der Waals surface area contributed by atoms with E-state index in [1.165, 1.54) is 9.13 Å². The Kier molecular flexibility index (Phi) is 9.66. The molecule has 13 nitrogen and oxygen atoms in total. The van der Waals surface area contributed by atoms with Crippen LogP contribution in [0.1, 0.15) is 75.1 Å². The Morgan fingerprint density at radius 3 is 1.82 bits per heavy atom. The predicted octanol–water partition coefficient (Wildman–Crippen LogP) is 7.37. The summed E-state index contributed by atoms with van der Waals surface area (Å²) in [6.45, 7) is 18.6. The Morgan fingerprint density at radius 1 is 0.778 bits per heavy atom. The first-order valence-electron chi connectivity index (χ1n) is 14.2. The molecule has 1 aromatic carbocycles. The third kappa shape index (κ3) is 9.03. The SMILES string of the molecule is CC(=O)O.Cc1nc2c(-c3cc4ccccc4n3C(=O)OC(C)(C)C)cc(NC(=O)OC(C)(C)C)nc2n1C(=O)OC(C)(C)C. The van der Waals surface area contributed by atoms with Crippen molar-refractivity contribution in [1.29, 1.82) is 0 Å². The number of hydrogen-bond acceptors (Lipinski definition) is 9. The van der Waals surface area contributed by atoms with E-state index in [0.717, 1.165) is 12.3 Å². The van der Waals surface area contributed by atoms with Crippen LogP contribution in [0, 0.1) is 6.92 Å². The summed E-state index contributed by atoms with van der Waals surface area (Å²) < 4.78 is 19.5. The van der Waals surface area contributed by atoms with Crippen LogP contribution in [0.3, 0.4) is 0 Å². The predicted molar refractivity (Wildman–Crippen MR) is 170 cm³/mol. The summed E-state index contributed by atoms with van der Waals surface area (Å²) in [5.41, 5.74) is -0.329. The number of aliphatic carboxylic acids is 1. The number of fused-ring (bicyclic) bond motifs is 2. The van der Waals surface area contributed by atoms with Gasteiger partial charge in [-0.1, -0.05) is 18.2 Å². The second-order valence-electron chi connectivity index (χ2n) is 13.3. The van der Waals surface area contributed by atoms with E-state index < -0.39 is 41.1 Å². The van der Waals surface area contributed by atoms with Crippen molar-refractivity contribution in [2.75, 3.05) is 5.32 Å². The zero-order chi connectivity index (χ0) is 34.1. The van der Waals surface area contributed by atoms with Crippen molar-refractivity contribution in [3.05, 3.63) is 42.2 Å². The van der Waals surface area contributed by atoms with Gasteiger partial charge in [0.2, 0.25) is 0 Å². The lowest BCUT2D eigenvalue weighted by Crippen LogP contribution is -2.28. The molecule has 3 aromatic heterocycles. The summed E-state index contributed by atoms with van der Waals surface area (Å²) in [4.78, 5) is 57.8. The molecule has 4 aromatic rings. The molecule has 3 heterocycles. The molecular weight excluding hydrogens is 582 g/mol. The number of ether oxygens (including phenoxy) is 3. The lowest BCUT2D eigenvalue weighted by Gasteiger charge is -2.21. The Labute approximate surface area is 261 Å². The summed E-state index contributed by atoms with van der Waals surface area (Å²) >= 11 is 0. The van der Waals surface area contributed by atoms with E-state index in [2.05, 4.69) is 15.3 Å². The average molecular weight is 624 g/mol. The summed E-state index contributed by atoms with van der Waals surface area (Å²) in [6.07, 6.45) is -2.01. The monoisotopic (exact) mass is 623 g/mol. The van der Waals surface area contributed by atoms with E-state index >= 15 is 0 Å². The van der Waals surface area contributed by atoms with Gasteiger partial charge in [-0.15, -0.1) is 0 Å². The van der Waals surface area contributed by atoms with Gasteiger partial charge < -0.3 is 19.3 Å². The number of hydrogen-bond donors (Lipinski definition) is 2. The van der Waals surface area contributed by atoms with Gasteiger partial charge in [0.05, 0.1) is 11.2 Å². The van der Waals surface area contributed by atoms with E-state index in [1.807, 2.05) is 30.3 Å². The van der Waals surface area contributed by atoms with Crippen molar-refractivity contribution >= 4 is 52.1 Å². The number of carboxylic acids is 1. The minimum absolute atomic E-state index is 0.0902. The second kappa shape index (κ2) is 12.6. The molecule has 242 valence electrons. The standard InChI is InChI=1S/C30H37N5O6.C2H4O2/c1-17-31-23-19(21-15-18-13-11-12-14-20(18)35(21)27(38)41-30(8,9)10)16-22(33-25(36)39-28(2,3)4)32-24(23)34(17)26(37)40-29(5,6)7;1-2(3)4/h11-16H,1-10H3,(H,32,33,36);1H3,(H,3,4). The Morgan fingerprint density at radius 2 is 1.29 bits per heavy atom. The number of aromatic nitrogens is 4. The first-order valence-corrected chi connectivity index (χ1v) is 14.2. The minimum Gasteiger partial charge on any atom is -0.481 e. The van der Waals surface area contributed by atoms with Gasteiger partial charge in [0.25, 0.3) is 5.97 Å². The minimum atomic E-state index is -0.833. The maximum Gasteiger partial charge on any atom is 0.421 e. The first kappa shape index (κ1) is 34.5. The lowest BCUT2D eigenvalue weighted by molar-refractivity contribution is -0.134. The number of carbonyl (C=O) groups excluding carboxylic acids is 3. The third-order valence-corrected chi connectivity index (χ3v) is 5.55. The number of amides is 1. The Balaban J connectivity index is 0.00000130. The van der Waals surface area contributed by atoms with Gasteiger partial charge in [-0.25, -0.2) is 33.5 Å². The third-order valence-electron chi connectivity index (χ3n) is 5.55. The molecule has 0 aliphatic heterocycles. The number of aryl methyl sites for hydroxylation is 1. The van der Waals surface area contributed by atoms with Crippen LogP contribution < -0.4 is 5.32 Å².